The van der Waals surface area contributed by atoms with Gasteiger partial charge in [-0.25, -0.2) is 4.99 Å². The molecule has 0 aromatic heterocycles. The maximum atomic E-state index is 6.26. The first kappa shape index (κ1) is 13.6. The van der Waals surface area contributed by atoms with Crippen molar-refractivity contribution in [2.45, 2.75) is 44.8 Å². The summed E-state index contributed by atoms with van der Waals surface area (Å²) in [5.41, 5.74) is 1.30. The number of aliphatic imine (C=N–C) groups is 1. The van der Waals surface area contributed by atoms with Crippen molar-refractivity contribution in [1.29, 1.82) is 0 Å². The van der Waals surface area contributed by atoms with Crippen LogP contribution in [-0.2, 0) is 4.74 Å². The van der Waals surface area contributed by atoms with Gasteiger partial charge in [-0.3, -0.25) is 4.90 Å². The van der Waals surface area contributed by atoms with Crippen LogP contribution in [0, 0.1) is 0 Å². The first-order valence-corrected chi connectivity index (χ1v) is 7.53. The van der Waals surface area contributed by atoms with Crippen molar-refractivity contribution in [2.75, 3.05) is 19.6 Å². The molecule has 0 bridgehead atoms. The summed E-state index contributed by atoms with van der Waals surface area (Å²) in [6.07, 6.45) is 2.15. The minimum atomic E-state index is -0.0487. The van der Waals surface area contributed by atoms with E-state index >= 15 is 0 Å². The van der Waals surface area contributed by atoms with Crippen LogP contribution in [0.15, 0.2) is 35.3 Å². The second kappa shape index (κ2) is 4.88. The van der Waals surface area contributed by atoms with Crippen molar-refractivity contribution in [1.82, 2.24) is 4.90 Å². The summed E-state index contributed by atoms with van der Waals surface area (Å²) < 4.78 is 6.26. The average molecular weight is 272 g/mol. The Labute approximate surface area is 121 Å². The van der Waals surface area contributed by atoms with Crippen LogP contribution in [0.1, 0.15) is 39.2 Å². The van der Waals surface area contributed by atoms with Crippen molar-refractivity contribution in [2.24, 2.45) is 4.99 Å². The van der Waals surface area contributed by atoms with Crippen LogP contribution >= 0.6 is 0 Å². The van der Waals surface area contributed by atoms with Gasteiger partial charge in [0.05, 0.1) is 6.54 Å². The van der Waals surface area contributed by atoms with E-state index in [-0.39, 0.29) is 11.1 Å². The molecular weight excluding hydrogens is 248 g/mol. The maximum absolute atomic E-state index is 6.26. The van der Waals surface area contributed by atoms with E-state index in [0.29, 0.717) is 0 Å². The molecule has 3 nitrogen and oxygen atoms in total. The fourth-order valence-corrected chi connectivity index (χ4v) is 3.06. The predicted octanol–water partition coefficient (Wildman–Crippen LogP) is 3.10. The van der Waals surface area contributed by atoms with Crippen LogP contribution in [-0.4, -0.2) is 41.6 Å². The molecule has 0 N–H and O–H groups in total. The highest BCUT2D eigenvalue weighted by molar-refractivity contribution is 5.95. The van der Waals surface area contributed by atoms with E-state index in [1.165, 1.54) is 0 Å². The zero-order valence-electron chi connectivity index (χ0n) is 12.7. The van der Waals surface area contributed by atoms with Gasteiger partial charge in [-0.1, -0.05) is 18.2 Å². The summed E-state index contributed by atoms with van der Waals surface area (Å²) in [5.74, 6) is 0.829. The number of ether oxygens (including phenoxy) is 1. The Hall–Kier alpha value is -1.35. The van der Waals surface area contributed by atoms with E-state index < -0.39 is 0 Å². The normalized spacial score (nSPS) is 22.6. The highest BCUT2D eigenvalue weighted by Crippen LogP contribution is 2.34. The van der Waals surface area contributed by atoms with E-state index in [1.54, 1.807) is 0 Å². The molecular formula is C17H24N2O. The standard InChI is InChI=1S/C17H24N2O/c1-16(2,3)19-11-9-17(10-12-19)13-18-15(20-17)14-7-5-4-6-8-14/h4-8H,9-13H2,1-3H3. The van der Waals surface area contributed by atoms with Crippen molar-refractivity contribution in [3.05, 3.63) is 35.9 Å². The molecule has 0 aliphatic carbocycles. The van der Waals surface area contributed by atoms with Gasteiger partial charge in [-0.05, 0) is 32.9 Å². The van der Waals surface area contributed by atoms with Gasteiger partial charge in [0.15, 0.2) is 0 Å². The van der Waals surface area contributed by atoms with Gasteiger partial charge in [-0.15, -0.1) is 0 Å². The zero-order valence-corrected chi connectivity index (χ0v) is 12.7. The Kier molecular flexibility index (Phi) is 3.33. The smallest absolute Gasteiger partial charge is 0.216 e. The molecule has 1 aromatic carbocycles. The van der Waals surface area contributed by atoms with Crippen molar-refractivity contribution >= 4 is 5.90 Å². The molecule has 0 radical (unpaired) electrons. The van der Waals surface area contributed by atoms with E-state index in [1.807, 2.05) is 18.2 Å². The highest BCUT2D eigenvalue weighted by Gasteiger charge is 2.42. The number of rotatable bonds is 1. The van der Waals surface area contributed by atoms with Gasteiger partial charge in [0, 0.05) is 37.0 Å². The Morgan fingerprint density at radius 3 is 2.35 bits per heavy atom. The lowest BCUT2D eigenvalue weighted by Gasteiger charge is -2.44. The lowest BCUT2D eigenvalue weighted by Crippen LogP contribution is -2.52. The van der Waals surface area contributed by atoms with Crippen LogP contribution in [0.25, 0.3) is 0 Å². The molecule has 1 fully saturated rings. The molecule has 20 heavy (non-hydrogen) atoms. The summed E-state index contributed by atoms with van der Waals surface area (Å²) in [4.78, 5) is 7.19. The van der Waals surface area contributed by atoms with Crippen LogP contribution in [0.5, 0.6) is 0 Å². The minimum Gasteiger partial charge on any atom is -0.469 e. The van der Waals surface area contributed by atoms with Crippen molar-refractivity contribution < 1.29 is 4.74 Å². The molecule has 1 aromatic rings. The fraction of sp³-hybridized carbons (Fsp3) is 0.588. The van der Waals surface area contributed by atoms with E-state index in [4.69, 9.17) is 4.74 Å². The third-order valence-electron chi connectivity index (χ3n) is 4.47. The highest BCUT2D eigenvalue weighted by atomic mass is 16.5. The number of nitrogens with zero attached hydrogens (tertiary/aromatic N) is 2. The minimum absolute atomic E-state index is 0.0487. The fourth-order valence-electron chi connectivity index (χ4n) is 3.06. The molecule has 0 saturated carbocycles. The zero-order chi connectivity index (χ0) is 14.2. The number of hydrogen-bond donors (Lipinski definition) is 0. The molecule has 2 aliphatic rings. The number of piperidine rings is 1. The Morgan fingerprint density at radius 1 is 1.10 bits per heavy atom. The first-order valence-electron chi connectivity index (χ1n) is 7.53. The molecule has 3 heteroatoms. The molecule has 3 rings (SSSR count). The predicted molar refractivity (Wildman–Crippen MR) is 82.2 cm³/mol. The lowest BCUT2D eigenvalue weighted by atomic mass is 9.89. The molecule has 1 spiro atoms. The van der Waals surface area contributed by atoms with Crippen LogP contribution in [0.4, 0.5) is 0 Å². The SMILES string of the molecule is CC(C)(C)N1CCC2(CC1)CN=C(c1ccccc1)O2. The van der Waals surface area contributed by atoms with E-state index in [0.717, 1.165) is 43.9 Å². The van der Waals surface area contributed by atoms with Crippen LogP contribution in [0.2, 0.25) is 0 Å². The Morgan fingerprint density at radius 2 is 1.75 bits per heavy atom. The third-order valence-corrected chi connectivity index (χ3v) is 4.47. The summed E-state index contributed by atoms with van der Waals surface area (Å²) in [7, 11) is 0. The topological polar surface area (TPSA) is 24.8 Å². The molecule has 0 unspecified atom stereocenters. The summed E-state index contributed by atoms with van der Waals surface area (Å²) >= 11 is 0. The molecule has 108 valence electrons. The maximum Gasteiger partial charge on any atom is 0.216 e. The van der Waals surface area contributed by atoms with Gasteiger partial charge >= 0.3 is 0 Å². The van der Waals surface area contributed by atoms with Crippen LogP contribution < -0.4 is 0 Å². The number of likely N-dealkylation sites (tertiary alicyclic amines) is 1. The third kappa shape index (κ3) is 2.59. The molecule has 2 heterocycles. The Bertz CT molecular complexity index is 493. The van der Waals surface area contributed by atoms with Gasteiger partial charge in [-0.2, -0.15) is 0 Å². The number of hydrogen-bond acceptors (Lipinski definition) is 3. The van der Waals surface area contributed by atoms with Crippen molar-refractivity contribution in [3.8, 4) is 0 Å². The molecule has 0 amide bonds. The first-order chi connectivity index (χ1) is 9.49. The van der Waals surface area contributed by atoms with E-state index in [2.05, 4.69) is 42.8 Å². The lowest BCUT2D eigenvalue weighted by molar-refractivity contribution is -0.0123. The van der Waals surface area contributed by atoms with E-state index in [9.17, 15) is 0 Å². The average Bonchev–Trinajstić information content (AvgIpc) is 2.83. The second-order valence-electron chi connectivity index (χ2n) is 6.93. The molecule has 0 atom stereocenters. The molecule has 2 aliphatic heterocycles. The van der Waals surface area contributed by atoms with Gasteiger partial charge in [0.2, 0.25) is 5.90 Å². The largest absolute Gasteiger partial charge is 0.469 e. The molecule has 1 saturated heterocycles. The Balaban J connectivity index is 1.65. The summed E-state index contributed by atoms with van der Waals surface area (Å²) in [5, 5.41) is 0. The van der Waals surface area contributed by atoms with Gasteiger partial charge < -0.3 is 4.74 Å². The summed E-state index contributed by atoms with van der Waals surface area (Å²) in [6, 6.07) is 10.2. The summed E-state index contributed by atoms with van der Waals surface area (Å²) in [6.45, 7) is 9.86. The second-order valence-corrected chi connectivity index (χ2v) is 6.93. The van der Waals surface area contributed by atoms with Gasteiger partial charge in [0.1, 0.15) is 5.60 Å². The van der Waals surface area contributed by atoms with Gasteiger partial charge in [0.25, 0.3) is 0 Å². The van der Waals surface area contributed by atoms with Crippen molar-refractivity contribution in [3.63, 3.8) is 0 Å². The number of benzene rings is 1. The van der Waals surface area contributed by atoms with Crippen LogP contribution in [0.3, 0.4) is 0 Å². The quantitative estimate of drug-likeness (QED) is 0.785. The monoisotopic (exact) mass is 272 g/mol.